The van der Waals surface area contributed by atoms with Gasteiger partial charge in [-0.1, -0.05) is 5.16 Å². The smallest absolute Gasteiger partial charge is 0.188 e. The van der Waals surface area contributed by atoms with Gasteiger partial charge in [0, 0.05) is 6.61 Å². The molecule has 1 fully saturated rings. The summed E-state index contributed by atoms with van der Waals surface area (Å²) < 4.78 is 11.1. The highest BCUT2D eigenvalue weighted by atomic mass is 16.5. The molecule has 1 aromatic rings. The molecule has 6 heteroatoms. The van der Waals surface area contributed by atoms with Gasteiger partial charge in [-0.3, -0.25) is 0 Å². The van der Waals surface area contributed by atoms with E-state index in [1.807, 2.05) is 0 Å². The van der Waals surface area contributed by atoms with Crippen LogP contribution in [0.2, 0.25) is 0 Å². The number of nitrogens with zero attached hydrogens (tertiary/aromatic N) is 2. The highest BCUT2D eigenvalue weighted by Gasteiger charge is 2.14. The number of ether oxygens (including phenoxy) is 2. The minimum atomic E-state index is -0.0165. The van der Waals surface area contributed by atoms with Gasteiger partial charge in [0.05, 0.1) is 12.3 Å². The first-order valence-electron chi connectivity index (χ1n) is 5.98. The minimum absolute atomic E-state index is 0.0165. The van der Waals surface area contributed by atoms with E-state index in [2.05, 4.69) is 10.1 Å². The second-order valence-corrected chi connectivity index (χ2v) is 4.16. The van der Waals surface area contributed by atoms with Gasteiger partial charge < -0.3 is 20.4 Å². The molecule has 0 bridgehead atoms. The van der Waals surface area contributed by atoms with E-state index in [1.54, 1.807) is 18.3 Å². The van der Waals surface area contributed by atoms with Crippen molar-refractivity contribution >= 4 is 5.84 Å². The van der Waals surface area contributed by atoms with E-state index in [9.17, 15) is 0 Å². The highest BCUT2D eigenvalue weighted by molar-refractivity contribution is 5.95. The molecule has 2 rings (SSSR count). The SMILES string of the molecule is N/C(=N/O)c1ccc(OCC2CCCCO2)cn1. The van der Waals surface area contributed by atoms with Crippen LogP contribution in [0.25, 0.3) is 0 Å². The lowest BCUT2D eigenvalue weighted by Crippen LogP contribution is -2.25. The molecule has 1 aliphatic rings. The third-order valence-electron chi connectivity index (χ3n) is 2.82. The van der Waals surface area contributed by atoms with Crippen LogP contribution >= 0.6 is 0 Å². The van der Waals surface area contributed by atoms with Crippen molar-refractivity contribution in [2.24, 2.45) is 10.9 Å². The molecule has 1 unspecified atom stereocenters. The molecule has 0 saturated carbocycles. The van der Waals surface area contributed by atoms with Gasteiger partial charge in [-0.2, -0.15) is 0 Å². The number of hydrogen-bond acceptors (Lipinski definition) is 5. The first kappa shape index (κ1) is 12.6. The Morgan fingerprint density at radius 1 is 1.56 bits per heavy atom. The summed E-state index contributed by atoms with van der Waals surface area (Å²) in [6.07, 6.45) is 5.08. The second-order valence-electron chi connectivity index (χ2n) is 4.16. The van der Waals surface area contributed by atoms with E-state index in [0.29, 0.717) is 18.1 Å². The van der Waals surface area contributed by atoms with Crippen molar-refractivity contribution in [1.29, 1.82) is 0 Å². The molecule has 6 nitrogen and oxygen atoms in total. The topological polar surface area (TPSA) is 90.0 Å². The maximum atomic E-state index is 8.51. The molecule has 0 spiro atoms. The van der Waals surface area contributed by atoms with Gasteiger partial charge in [-0.15, -0.1) is 0 Å². The van der Waals surface area contributed by atoms with Crippen LogP contribution in [-0.2, 0) is 4.74 Å². The first-order valence-corrected chi connectivity index (χ1v) is 5.98. The van der Waals surface area contributed by atoms with E-state index < -0.39 is 0 Å². The van der Waals surface area contributed by atoms with Gasteiger partial charge in [0.2, 0.25) is 0 Å². The highest BCUT2D eigenvalue weighted by Crippen LogP contribution is 2.15. The number of pyridine rings is 1. The zero-order chi connectivity index (χ0) is 12.8. The maximum absolute atomic E-state index is 8.51. The van der Waals surface area contributed by atoms with Gasteiger partial charge in [-0.05, 0) is 31.4 Å². The zero-order valence-corrected chi connectivity index (χ0v) is 10.1. The molecule has 18 heavy (non-hydrogen) atoms. The summed E-state index contributed by atoms with van der Waals surface area (Å²) >= 11 is 0. The number of hydrogen-bond donors (Lipinski definition) is 2. The summed E-state index contributed by atoms with van der Waals surface area (Å²) in [5.41, 5.74) is 5.83. The molecule has 1 aliphatic heterocycles. The van der Waals surface area contributed by atoms with Crippen molar-refractivity contribution in [1.82, 2.24) is 4.98 Å². The minimum Gasteiger partial charge on any atom is -0.489 e. The molecule has 0 aliphatic carbocycles. The Labute approximate surface area is 105 Å². The molecule has 3 N–H and O–H groups in total. The molecule has 0 radical (unpaired) electrons. The van der Waals surface area contributed by atoms with Crippen molar-refractivity contribution in [2.75, 3.05) is 13.2 Å². The standard InChI is InChI=1S/C12H17N3O3/c13-12(15-16)11-5-4-9(7-14-11)18-8-10-3-1-2-6-17-10/h4-5,7,10,16H,1-3,6,8H2,(H2,13,15). The van der Waals surface area contributed by atoms with Crippen molar-refractivity contribution in [2.45, 2.75) is 25.4 Å². The van der Waals surface area contributed by atoms with Gasteiger partial charge in [0.15, 0.2) is 5.84 Å². The molecule has 1 atom stereocenters. The van der Waals surface area contributed by atoms with Crippen molar-refractivity contribution in [3.05, 3.63) is 24.0 Å². The van der Waals surface area contributed by atoms with Crippen LogP contribution in [0.4, 0.5) is 0 Å². The number of rotatable bonds is 4. The molecule has 1 saturated heterocycles. The Bertz CT molecular complexity index is 400. The number of aromatic nitrogens is 1. The second kappa shape index (κ2) is 6.20. The summed E-state index contributed by atoms with van der Waals surface area (Å²) in [5, 5.41) is 11.4. The Morgan fingerprint density at radius 3 is 3.06 bits per heavy atom. The Balaban J connectivity index is 1.86. The van der Waals surface area contributed by atoms with Crippen LogP contribution in [0.3, 0.4) is 0 Å². The van der Waals surface area contributed by atoms with Crippen molar-refractivity contribution in [3.8, 4) is 5.75 Å². The summed E-state index contributed by atoms with van der Waals surface area (Å²) in [6.45, 7) is 1.35. The summed E-state index contributed by atoms with van der Waals surface area (Å²) in [4.78, 5) is 4.03. The third kappa shape index (κ3) is 3.33. The Kier molecular flexibility index (Phi) is 4.35. The summed E-state index contributed by atoms with van der Waals surface area (Å²) in [7, 11) is 0. The maximum Gasteiger partial charge on any atom is 0.188 e. The van der Waals surface area contributed by atoms with Crippen LogP contribution in [0.1, 0.15) is 25.0 Å². The van der Waals surface area contributed by atoms with Crippen molar-refractivity contribution < 1.29 is 14.7 Å². The lowest BCUT2D eigenvalue weighted by molar-refractivity contribution is -0.0111. The van der Waals surface area contributed by atoms with Crippen LogP contribution < -0.4 is 10.5 Å². The Hall–Kier alpha value is -1.82. The molecule has 0 amide bonds. The zero-order valence-electron chi connectivity index (χ0n) is 10.1. The number of nitrogens with two attached hydrogens (primary N) is 1. The van der Waals surface area contributed by atoms with E-state index in [0.717, 1.165) is 19.4 Å². The fourth-order valence-corrected chi connectivity index (χ4v) is 1.80. The lowest BCUT2D eigenvalue weighted by Gasteiger charge is -2.22. The lowest BCUT2D eigenvalue weighted by atomic mass is 10.1. The number of oxime groups is 1. The van der Waals surface area contributed by atoms with Gasteiger partial charge >= 0.3 is 0 Å². The normalized spacial score (nSPS) is 20.7. The van der Waals surface area contributed by atoms with Crippen molar-refractivity contribution in [3.63, 3.8) is 0 Å². The summed E-state index contributed by atoms with van der Waals surface area (Å²) in [6, 6.07) is 3.38. The van der Waals surface area contributed by atoms with E-state index in [4.69, 9.17) is 20.4 Å². The predicted octanol–water partition coefficient (Wildman–Crippen LogP) is 1.12. The largest absolute Gasteiger partial charge is 0.489 e. The average molecular weight is 251 g/mol. The van der Waals surface area contributed by atoms with Gasteiger partial charge in [-0.25, -0.2) is 4.98 Å². The number of amidine groups is 1. The van der Waals surface area contributed by atoms with Crippen LogP contribution in [0.15, 0.2) is 23.5 Å². The predicted molar refractivity (Wildman–Crippen MR) is 65.8 cm³/mol. The van der Waals surface area contributed by atoms with Gasteiger partial charge in [0.25, 0.3) is 0 Å². The summed E-state index contributed by atoms with van der Waals surface area (Å²) in [5.74, 6) is 0.635. The monoisotopic (exact) mass is 251 g/mol. The van der Waals surface area contributed by atoms with E-state index >= 15 is 0 Å². The fraction of sp³-hybridized carbons (Fsp3) is 0.500. The van der Waals surface area contributed by atoms with E-state index in [1.165, 1.54) is 6.42 Å². The molecular formula is C12H17N3O3. The molecule has 98 valence electrons. The first-order chi connectivity index (χ1) is 8.79. The van der Waals surface area contributed by atoms with Crippen LogP contribution in [0.5, 0.6) is 5.75 Å². The molecule has 0 aromatic carbocycles. The molecule has 2 heterocycles. The average Bonchev–Trinajstić information content (AvgIpc) is 2.46. The fourth-order valence-electron chi connectivity index (χ4n) is 1.80. The molecular weight excluding hydrogens is 234 g/mol. The van der Waals surface area contributed by atoms with Crippen LogP contribution in [-0.4, -0.2) is 35.3 Å². The quantitative estimate of drug-likeness (QED) is 0.362. The third-order valence-corrected chi connectivity index (χ3v) is 2.82. The van der Waals surface area contributed by atoms with E-state index in [-0.39, 0.29) is 11.9 Å². The van der Waals surface area contributed by atoms with Crippen LogP contribution in [0, 0.1) is 0 Å². The Morgan fingerprint density at radius 2 is 2.44 bits per heavy atom. The molecule has 1 aromatic heterocycles. The van der Waals surface area contributed by atoms with Gasteiger partial charge in [0.1, 0.15) is 18.1 Å².